The molecule has 3 aliphatic rings. The van der Waals surface area contributed by atoms with Gasteiger partial charge in [-0.25, -0.2) is 0 Å². The number of rotatable bonds is 2. The largest absolute Gasteiger partial charge is 0.392 e. The molecule has 1 aliphatic heterocycles. The zero-order chi connectivity index (χ0) is 12.8. The number of nitrogens with zero attached hydrogens (tertiary/aromatic N) is 1. The van der Waals surface area contributed by atoms with Gasteiger partial charge >= 0.3 is 0 Å². The van der Waals surface area contributed by atoms with Gasteiger partial charge in [0, 0.05) is 12.6 Å². The van der Waals surface area contributed by atoms with Gasteiger partial charge in [0.15, 0.2) is 0 Å². The van der Waals surface area contributed by atoms with E-state index in [1.807, 2.05) is 0 Å². The van der Waals surface area contributed by atoms with Gasteiger partial charge in [-0.3, -0.25) is 4.79 Å². The van der Waals surface area contributed by atoms with Crippen molar-refractivity contribution in [1.29, 1.82) is 0 Å². The van der Waals surface area contributed by atoms with Crippen LogP contribution in [-0.2, 0) is 4.79 Å². The first-order chi connectivity index (χ1) is 8.65. The highest BCUT2D eigenvalue weighted by Gasteiger charge is 2.56. The molecule has 0 radical (unpaired) electrons. The van der Waals surface area contributed by atoms with Gasteiger partial charge in [-0.1, -0.05) is 25.1 Å². The third kappa shape index (κ3) is 1.85. The second-order valence-corrected chi connectivity index (χ2v) is 6.64. The Morgan fingerprint density at radius 3 is 2.50 bits per heavy atom. The van der Waals surface area contributed by atoms with Gasteiger partial charge in [0.1, 0.15) is 0 Å². The maximum atomic E-state index is 12.7. The molecule has 2 saturated carbocycles. The average Bonchev–Trinajstić information content (AvgIpc) is 3.19. The van der Waals surface area contributed by atoms with E-state index in [0.29, 0.717) is 11.0 Å². The minimum atomic E-state index is -0.450. The number of hydrogen-bond donors (Lipinski definition) is 1. The lowest BCUT2D eigenvalue weighted by Gasteiger charge is -2.45. The number of likely N-dealkylation sites (tertiary alicyclic amines) is 1. The number of thiocarbonyl (C=S) groups is 1. The number of fused-ring (bicyclic) bond motifs is 1. The molecule has 0 bridgehead atoms. The fourth-order valence-electron chi connectivity index (χ4n) is 3.84. The Bertz CT molecular complexity index is 376. The molecular formula is C14H22N2OS. The first-order valence-electron chi connectivity index (χ1n) is 7.26. The third-order valence-corrected chi connectivity index (χ3v) is 5.53. The van der Waals surface area contributed by atoms with E-state index in [0.717, 1.165) is 31.7 Å². The normalized spacial score (nSPS) is 33.7. The van der Waals surface area contributed by atoms with Gasteiger partial charge in [-0.15, -0.1) is 0 Å². The van der Waals surface area contributed by atoms with Crippen LogP contribution in [0.25, 0.3) is 0 Å². The molecule has 18 heavy (non-hydrogen) atoms. The highest BCUT2D eigenvalue weighted by atomic mass is 32.1. The fourth-order valence-corrected chi connectivity index (χ4v) is 4.13. The summed E-state index contributed by atoms with van der Waals surface area (Å²) < 4.78 is 0. The topological polar surface area (TPSA) is 46.3 Å². The molecule has 4 heteroatoms. The lowest BCUT2D eigenvalue weighted by Crippen LogP contribution is -2.53. The van der Waals surface area contributed by atoms with E-state index in [4.69, 9.17) is 18.0 Å². The third-order valence-electron chi connectivity index (χ3n) is 5.14. The van der Waals surface area contributed by atoms with Crippen molar-refractivity contribution < 1.29 is 4.79 Å². The van der Waals surface area contributed by atoms with Crippen molar-refractivity contribution >= 4 is 23.1 Å². The van der Waals surface area contributed by atoms with E-state index in [1.54, 1.807) is 0 Å². The minimum Gasteiger partial charge on any atom is -0.392 e. The van der Waals surface area contributed by atoms with Crippen LogP contribution in [0.4, 0.5) is 0 Å². The zero-order valence-corrected chi connectivity index (χ0v) is 11.7. The van der Waals surface area contributed by atoms with E-state index in [2.05, 4.69) is 4.90 Å². The van der Waals surface area contributed by atoms with Gasteiger partial charge in [0.05, 0.1) is 10.4 Å². The van der Waals surface area contributed by atoms with E-state index in [9.17, 15) is 4.79 Å². The average molecular weight is 266 g/mol. The quantitative estimate of drug-likeness (QED) is 0.780. The number of carbonyl (C=O) groups excluding carboxylic acids is 1. The first kappa shape index (κ1) is 12.4. The molecule has 3 nitrogen and oxygen atoms in total. The minimum absolute atomic E-state index is 0.242. The predicted molar refractivity (Wildman–Crippen MR) is 75.1 cm³/mol. The maximum Gasteiger partial charge on any atom is 0.235 e. The van der Waals surface area contributed by atoms with Crippen LogP contribution in [0.1, 0.15) is 51.4 Å². The van der Waals surface area contributed by atoms with Crippen LogP contribution in [0.15, 0.2) is 0 Å². The van der Waals surface area contributed by atoms with E-state index in [-0.39, 0.29) is 5.91 Å². The highest BCUT2D eigenvalue weighted by Crippen LogP contribution is 2.49. The number of piperidine rings is 1. The molecule has 0 spiro atoms. The summed E-state index contributed by atoms with van der Waals surface area (Å²) in [6.45, 7) is 0.921. The molecule has 100 valence electrons. The van der Waals surface area contributed by atoms with Crippen LogP contribution in [0.3, 0.4) is 0 Å². The molecule has 3 rings (SSSR count). The summed E-state index contributed by atoms with van der Waals surface area (Å²) in [5.41, 5.74) is 5.34. The van der Waals surface area contributed by atoms with Crippen LogP contribution >= 0.6 is 12.2 Å². The lowest BCUT2D eigenvalue weighted by molar-refractivity contribution is -0.140. The molecule has 1 saturated heterocycles. The second kappa shape index (κ2) is 4.48. The van der Waals surface area contributed by atoms with E-state index >= 15 is 0 Å². The molecule has 3 fully saturated rings. The Hall–Kier alpha value is -0.640. The number of carbonyl (C=O) groups is 1. The summed E-state index contributed by atoms with van der Waals surface area (Å²) in [6.07, 6.45) is 9.28. The van der Waals surface area contributed by atoms with Crippen molar-refractivity contribution in [2.75, 3.05) is 6.54 Å². The maximum absolute atomic E-state index is 12.7. The zero-order valence-electron chi connectivity index (χ0n) is 10.9. The predicted octanol–water partition coefficient (Wildman–Crippen LogP) is 2.23. The Morgan fingerprint density at radius 1 is 1.17 bits per heavy atom. The van der Waals surface area contributed by atoms with Gasteiger partial charge < -0.3 is 10.6 Å². The fraction of sp³-hybridized carbons (Fsp3) is 0.857. The molecule has 2 aliphatic carbocycles. The van der Waals surface area contributed by atoms with Gasteiger partial charge in [0.25, 0.3) is 0 Å². The van der Waals surface area contributed by atoms with Crippen molar-refractivity contribution in [3.05, 3.63) is 0 Å². The summed E-state index contributed by atoms with van der Waals surface area (Å²) in [5, 5.41) is 0. The van der Waals surface area contributed by atoms with Crippen molar-refractivity contribution in [2.45, 2.75) is 57.4 Å². The van der Waals surface area contributed by atoms with Gasteiger partial charge in [0.2, 0.25) is 5.91 Å². The first-order valence-corrected chi connectivity index (χ1v) is 7.67. The highest BCUT2D eigenvalue weighted by molar-refractivity contribution is 7.80. The molecule has 2 atom stereocenters. The Balaban J connectivity index is 1.78. The standard InChI is InChI=1S/C14H22N2OS/c15-12(18)14(7-8-14)13(17)16-9-3-5-10-4-1-2-6-11(10)16/h10-11H,1-9H2,(H2,15,18)/t10-,11-/m1/s1. The number of amides is 1. The number of nitrogens with two attached hydrogens (primary N) is 1. The van der Waals surface area contributed by atoms with Crippen LogP contribution in [0, 0.1) is 11.3 Å². The van der Waals surface area contributed by atoms with Gasteiger partial charge in [-0.05, 0) is 44.4 Å². The SMILES string of the molecule is NC(=S)C1(C(=O)N2CCC[C@H]3CCCC[C@H]32)CC1. The Labute approximate surface area is 114 Å². The molecular weight excluding hydrogens is 244 g/mol. The smallest absolute Gasteiger partial charge is 0.235 e. The van der Waals surface area contributed by atoms with Crippen molar-refractivity contribution in [3.63, 3.8) is 0 Å². The van der Waals surface area contributed by atoms with Crippen molar-refractivity contribution in [1.82, 2.24) is 4.90 Å². The van der Waals surface area contributed by atoms with E-state index < -0.39 is 5.41 Å². The molecule has 2 N–H and O–H groups in total. The molecule has 0 aromatic carbocycles. The number of hydrogen-bond acceptors (Lipinski definition) is 2. The Kier molecular flexibility index (Phi) is 3.08. The monoisotopic (exact) mass is 266 g/mol. The van der Waals surface area contributed by atoms with Crippen LogP contribution in [0.2, 0.25) is 0 Å². The molecule has 1 heterocycles. The van der Waals surface area contributed by atoms with E-state index in [1.165, 1.54) is 32.1 Å². The molecule has 0 aromatic heterocycles. The summed E-state index contributed by atoms with van der Waals surface area (Å²) in [7, 11) is 0. The lowest BCUT2D eigenvalue weighted by atomic mass is 9.78. The van der Waals surface area contributed by atoms with Crippen LogP contribution in [-0.4, -0.2) is 28.4 Å². The summed E-state index contributed by atoms with van der Waals surface area (Å²) in [5.74, 6) is 0.977. The Morgan fingerprint density at radius 2 is 1.83 bits per heavy atom. The van der Waals surface area contributed by atoms with Crippen molar-refractivity contribution in [3.8, 4) is 0 Å². The van der Waals surface area contributed by atoms with Crippen LogP contribution in [0.5, 0.6) is 0 Å². The molecule has 0 aromatic rings. The summed E-state index contributed by atoms with van der Waals surface area (Å²) in [6, 6.07) is 0.479. The molecule has 1 amide bonds. The molecule has 0 unspecified atom stereocenters. The van der Waals surface area contributed by atoms with Gasteiger partial charge in [-0.2, -0.15) is 0 Å². The van der Waals surface area contributed by atoms with Crippen LogP contribution < -0.4 is 5.73 Å². The van der Waals surface area contributed by atoms with Crippen molar-refractivity contribution in [2.24, 2.45) is 17.1 Å². The second-order valence-electron chi connectivity index (χ2n) is 6.20. The summed E-state index contributed by atoms with van der Waals surface area (Å²) in [4.78, 5) is 15.3. The summed E-state index contributed by atoms with van der Waals surface area (Å²) >= 11 is 5.12.